The molecular formula is C22H13N3O8. The number of carbonyl (C=O) groups excluding carboxylic acids is 3. The smallest absolute Gasteiger partial charge is 0.335 e. The van der Waals surface area contributed by atoms with E-state index in [0.29, 0.717) is 22.8 Å². The lowest BCUT2D eigenvalue weighted by atomic mass is 10.1. The second-order valence-electron chi connectivity index (χ2n) is 7.00. The fourth-order valence-corrected chi connectivity index (χ4v) is 3.42. The summed E-state index contributed by atoms with van der Waals surface area (Å²) in [7, 11) is 0. The number of nitrogens with one attached hydrogen (secondary N) is 1. The first-order valence-corrected chi connectivity index (χ1v) is 9.56. The summed E-state index contributed by atoms with van der Waals surface area (Å²) in [6.07, 6.45) is 1.20. The lowest BCUT2D eigenvalue weighted by Crippen LogP contribution is -2.54. The Balaban J connectivity index is 1.46. The Morgan fingerprint density at radius 1 is 1.00 bits per heavy atom. The van der Waals surface area contributed by atoms with Crippen LogP contribution in [0, 0.1) is 10.1 Å². The predicted octanol–water partition coefficient (Wildman–Crippen LogP) is 3.25. The molecule has 2 aliphatic heterocycles. The van der Waals surface area contributed by atoms with E-state index in [1.807, 2.05) is 0 Å². The van der Waals surface area contributed by atoms with Gasteiger partial charge in [0.1, 0.15) is 17.1 Å². The van der Waals surface area contributed by atoms with Crippen LogP contribution in [0.25, 0.3) is 17.4 Å². The van der Waals surface area contributed by atoms with Crippen LogP contribution in [0.1, 0.15) is 5.76 Å². The standard InChI is InChI=1S/C22H13N3O8/c26-20-16(10-15-5-7-17(33-15)12-2-1-3-14(8-12)25(29)30)21(27)24(22(28)23-20)13-4-6-18-19(9-13)32-11-31-18/h1-10H,11H2,(H,23,26,28)/b16-10-. The molecule has 1 aromatic heterocycles. The molecule has 3 aromatic rings. The van der Waals surface area contributed by atoms with Gasteiger partial charge in [0.15, 0.2) is 11.5 Å². The summed E-state index contributed by atoms with van der Waals surface area (Å²) in [6, 6.07) is 12.5. The van der Waals surface area contributed by atoms with Gasteiger partial charge in [-0.2, -0.15) is 0 Å². The van der Waals surface area contributed by atoms with Crippen LogP contribution < -0.4 is 19.7 Å². The van der Waals surface area contributed by atoms with Crippen LogP contribution in [-0.4, -0.2) is 29.6 Å². The molecule has 0 saturated carbocycles. The minimum atomic E-state index is -0.905. The van der Waals surface area contributed by atoms with Gasteiger partial charge < -0.3 is 13.9 Å². The van der Waals surface area contributed by atoms with Gasteiger partial charge >= 0.3 is 6.03 Å². The molecule has 0 radical (unpaired) electrons. The highest BCUT2D eigenvalue weighted by molar-refractivity contribution is 6.39. The van der Waals surface area contributed by atoms with Gasteiger partial charge in [-0.05, 0) is 30.3 Å². The van der Waals surface area contributed by atoms with Gasteiger partial charge in [0, 0.05) is 23.8 Å². The molecular weight excluding hydrogens is 434 g/mol. The number of carbonyl (C=O) groups is 3. The predicted molar refractivity (Wildman–Crippen MR) is 112 cm³/mol. The number of amides is 4. The monoisotopic (exact) mass is 447 g/mol. The van der Waals surface area contributed by atoms with E-state index in [0.717, 1.165) is 4.90 Å². The number of ether oxygens (including phenoxy) is 2. The van der Waals surface area contributed by atoms with Crippen molar-refractivity contribution in [2.24, 2.45) is 0 Å². The molecule has 0 atom stereocenters. The van der Waals surface area contributed by atoms with E-state index in [1.165, 1.54) is 42.5 Å². The molecule has 33 heavy (non-hydrogen) atoms. The first kappa shape index (κ1) is 20.0. The number of fused-ring (bicyclic) bond motifs is 1. The van der Waals surface area contributed by atoms with Crippen LogP contribution in [0.2, 0.25) is 0 Å². The van der Waals surface area contributed by atoms with Gasteiger partial charge in [0.05, 0.1) is 10.6 Å². The summed E-state index contributed by atoms with van der Waals surface area (Å²) in [6.45, 7) is 0.0218. The number of barbiturate groups is 1. The molecule has 2 aromatic carbocycles. The molecule has 0 bridgehead atoms. The van der Waals surface area contributed by atoms with E-state index in [9.17, 15) is 24.5 Å². The van der Waals surface area contributed by atoms with Crippen molar-refractivity contribution in [3.63, 3.8) is 0 Å². The number of furan rings is 1. The van der Waals surface area contributed by atoms with Crippen molar-refractivity contribution in [2.45, 2.75) is 0 Å². The SMILES string of the molecule is O=C1NC(=O)N(c2ccc3c(c2)OCO3)C(=O)/C1=C\c1ccc(-c2cccc([N+](=O)[O-])c2)o1. The van der Waals surface area contributed by atoms with Gasteiger partial charge in [0.2, 0.25) is 6.79 Å². The zero-order valence-corrected chi connectivity index (χ0v) is 16.6. The summed E-state index contributed by atoms with van der Waals surface area (Å²) in [5.41, 5.74) is 0.207. The number of nitro groups is 1. The number of hydrogen-bond acceptors (Lipinski definition) is 8. The summed E-state index contributed by atoms with van der Waals surface area (Å²) in [5.74, 6) is -0.443. The van der Waals surface area contributed by atoms with Gasteiger partial charge in [-0.3, -0.25) is 25.0 Å². The highest BCUT2D eigenvalue weighted by atomic mass is 16.7. The number of imide groups is 2. The molecule has 2 aliphatic rings. The summed E-state index contributed by atoms with van der Waals surface area (Å²) in [4.78, 5) is 49.1. The molecule has 0 spiro atoms. The van der Waals surface area contributed by atoms with Crippen molar-refractivity contribution < 1.29 is 33.2 Å². The van der Waals surface area contributed by atoms with E-state index >= 15 is 0 Å². The number of nitrogens with zero attached hydrogens (tertiary/aromatic N) is 2. The van der Waals surface area contributed by atoms with Crippen LogP contribution in [0.3, 0.4) is 0 Å². The maximum atomic E-state index is 13.0. The summed E-state index contributed by atoms with van der Waals surface area (Å²) in [5, 5.41) is 13.1. The first-order valence-electron chi connectivity index (χ1n) is 9.56. The first-order chi connectivity index (χ1) is 15.9. The number of anilines is 1. The zero-order chi connectivity index (χ0) is 23.1. The fraction of sp³-hybridized carbons (Fsp3) is 0.0455. The average Bonchev–Trinajstić information content (AvgIpc) is 3.46. The number of non-ortho nitro benzene ring substituents is 1. The summed E-state index contributed by atoms with van der Waals surface area (Å²) >= 11 is 0. The quantitative estimate of drug-likeness (QED) is 0.278. The van der Waals surface area contributed by atoms with Gasteiger partial charge in [-0.15, -0.1) is 0 Å². The highest BCUT2D eigenvalue weighted by Gasteiger charge is 2.37. The molecule has 1 saturated heterocycles. The van der Waals surface area contributed by atoms with Gasteiger partial charge in [-0.25, -0.2) is 9.69 Å². The lowest BCUT2D eigenvalue weighted by Gasteiger charge is -2.26. The van der Waals surface area contributed by atoms with Crippen LogP contribution in [0.5, 0.6) is 11.5 Å². The van der Waals surface area contributed by atoms with Gasteiger partial charge in [0.25, 0.3) is 17.5 Å². The molecule has 1 fully saturated rings. The number of rotatable bonds is 4. The second kappa shape index (κ2) is 7.64. The van der Waals surface area contributed by atoms with Crippen molar-refractivity contribution >= 4 is 35.3 Å². The second-order valence-corrected chi connectivity index (χ2v) is 7.00. The topological polar surface area (TPSA) is 141 Å². The van der Waals surface area contributed by atoms with E-state index in [4.69, 9.17) is 13.9 Å². The number of nitro benzene ring substituents is 1. The minimum Gasteiger partial charge on any atom is -0.457 e. The molecule has 0 aliphatic carbocycles. The maximum absolute atomic E-state index is 13.0. The third-order valence-corrected chi connectivity index (χ3v) is 4.97. The Labute approximate surface area is 185 Å². The maximum Gasteiger partial charge on any atom is 0.335 e. The van der Waals surface area contributed by atoms with E-state index in [-0.39, 0.29) is 29.5 Å². The van der Waals surface area contributed by atoms with Gasteiger partial charge in [-0.1, -0.05) is 12.1 Å². The third kappa shape index (κ3) is 3.57. The third-order valence-electron chi connectivity index (χ3n) is 4.97. The Bertz CT molecular complexity index is 1370. The fourth-order valence-electron chi connectivity index (χ4n) is 3.42. The van der Waals surface area contributed by atoms with Crippen LogP contribution in [0.15, 0.2) is 64.6 Å². The molecule has 3 heterocycles. The molecule has 0 unspecified atom stereocenters. The van der Waals surface area contributed by atoms with Crippen LogP contribution >= 0.6 is 0 Å². The van der Waals surface area contributed by atoms with Crippen molar-refractivity contribution in [2.75, 3.05) is 11.7 Å². The number of benzene rings is 2. The Kier molecular flexibility index (Phi) is 4.63. The molecule has 11 heteroatoms. The molecule has 11 nitrogen and oxygen atoms in total. The highest BCUT2D eigenvalue weighted by Crippen LogP contribution is 2.36. The molecule has 164 valence electrons. The van der Waals surface area contributed by atoms with Crippen LogP contribution in [0.4, 0.5) is 16.2 Å². The average molecular weight is 447 g/mol. The minimum absolute atomic E-state index is 0.0218. The van der Waals surface area contributed by atoms with Crippen LogP contribution in [-0.2, 0) is 9.59 Å². The zero-order valence-electron chi connectivity index (χ0n) is 16.6. The van der Waals surface area contributed by atoms with E-state index in [2.05, 4.69) is 5.32 Å². The molecule has 5 rings (SSSR count). The van der Waals surface area contributed by atoms with Crippen molar-refractivity contribution in [3.05, 3.63) is 76.0 Å². The molecule has 1 N–H and O–H groups in total. The van der Waals surface area contributed by atoms with E-state index in [1.54, 1.807) is 18.2 Å². The largest absolute Gasteiger partial charge is 0.457 e. The lowest BCUT2D eigenvalue weighted by molar-refractivity contribution is -0.384. The van der Waals surface area contributed by atoms with Crippen molar-refractivity contribution in [1.82, 2.24) is 5.32 Å². The van der Waals surface area contributed by atoms with Crippen molar-refractivity contribution in [3.8, 4) is 22.8 Å². The molecule has 4 amide bonds. The Morgan fingerprint density at radius 3 is 2.64 bits per heavy atom. The van der Waals surface area contributed by atoms with Crippen molar-refractivity contribution in [1.29, 1.82) is 0 Å². The normalized spacial score (nSPS) is 16.3. The Hall–Kier alpha value is -4.93. The number of urea groups is 1. The number of hydrogen-bond donors (Lipinski definition) is 1. The summed E-state index contributed by atoms with van der Waals surface area (Å²) < 4.78 is 16.2. The Morgan fingerprint density at radius 2 is 1.82 bits per heavy atom. The van der Waals surface area contributed by atoms with E-state index < -0.39 is 22.8 Å².